The van der Waals surface area contributed by atoms with E-state index in [1.54, 1.807) is 0 Å². The fourth-order valence-corrected chi connectivity index (χ4v) is 4.78. The molecular weight excluding hydrogens is 509 g/mol. The lowest BCUT2D eigenvalue weighted by atomic mass is 10.1. The summed E-state index contributed by atoms with van der Waals surface area (Å²) < 4.78 is 26.3. The van der Waals surface area contributed by atoms with Crippen molar-refractivity contribution in [2.75, 3.05) is 23.7 Å². The molecule has 0 saturated heterocycles. The van der Waals surface area contributed by atoms with Gasteiger partial charge in [-0.3, -0.25) is 13.9 Å². The molecule has 0 aliphatic carbocycles. The minimum Gasteiger partial charge on any atom is -0.354 e. The highest BCUT2D eigenvalue weighted by Crippen LogP contribution is 2.28. The summed E-state index contributed by atoms with van der Waals surface area (Å²) in [5, 5.41) is 3.34. The van der Waals surface area contributed by atoms with Gasteiger partial charge in [0, 0.05) is 13.1 Å². The first-order valence-corrected chi connectivity index (χ1v) is 14.1. The molecule has 2 amide bonds. The van der Waals surface area contributed by atoms with Crippen molar-refractivity contribution in [1.82, 2.24) is 10.2 Å². The molecule has 1 atom stereocenters. The van der Waals surface area contributed by atoms with Crippen LogP contribution in [0.2, 0.25) is 10.0 Å². The molecule has 7 nitrogen and oxygen atoms in total. The number of hydrogen-bond acceptors (Lipinski definition) is 4. The summed E-state index contributed by atoms with van der Waals surface area (Å²) in [4.78, 5) is 28.2. The van der Waals surface area contributed by atoms with Gasteiger partial charge in [0.05, 0.1) is 22.0 Å². The Kier molecular flexibility index (Phi) is 10.9. The topological polar surface area (TPSA) is 86.8 Å². The van der Waals surface area contributed by atoms with E-state index < -0.39 is 28.5 Å². The molecule has 0 radical (unpaired) electrons. The van der Waals surface area contributed by atoms with Crippen molar-refractivity contribution >= 4 is 50.7 Å². The summed E-state index contributed by atoms with van der Waals surface area (Å²) in [5.41, 5.74) is 2.06. The lowest BCUT2D eigenvalue weighted by molar-refractivity contribution is -0.140. The van der Waals surface area contributed by atoms with Crippen molar-refractivity contribution in [2.24, 2.45) is 0 Å². The van der Waals surface area contributed by atoms with Crippen molar-refractivity contribution in [2.45, 2.75) is 52.6 Å². The Balaban J connectivity index is 2.43. The van der Waals surface area contributed by atoms with Crippen LogP contribution < -0.4 is 9.62 Å². The number of carbonyl (C=O) groups excluding carboxylic acids is 2. The van der Waals surface area contributed by atoms with Crippen LogP contribution in [0.1, 0.15) is 44.2 Å². The van der Waals surface area contributed by atoms with Crippen LogP contribution in [0.25, 0.3) is 0 Å². The fourth-order valence-electron chi connectivity index (χ4n) is 3.65. The monoisotopic (exact) mass is 541 g/mol. The van der Waals surface area contributed by atoms with Crippen LogP contribution in [0.4, 0.5) is 5.69 Å². The molecule has 1 N–H and O–H groups in total. The highest BCUT2D eigenvalue weighted by Gasteiger charge is 2.32. The van der Waals surface area contributed by atoms with Gasteiger partial charge in [-0.15, -0.1) is 0 Å². The molecule has 2 aromatic carbocycles. The van der Waals surface area contributed by atoms with E-state index in [2.05, 4.69) is 5.32 Å². The normalized spacial score (nSPS) is 12.2. The zero-order valence-electron chi connectivity index (χ0n) is 20.6. The Morgan fingerprint density at radius 1 is 1.06 bits per heavy atom. The average Bonchev–Trinajstić information content (AvgIpc) is 2.79. The third-order valence-corrected chi connectivity index (χ3v) is 7.57. The van der Waals surface area contributed by atoms with E-state index in [1.165, 1.54) is 23.1 Å². The van der Waals surface area contributed by atoms with E-state index in [4.69, 9.17) is 23.2 Å². The molecule has 2 aromatic rings. The molecule has 0 aliphatic rings. The molecule has 10 heteroatoms. The van der Waals surface area contributed by atoms with Gasteiger partial charge in [0.2, 0.25) is 21.8 Å². The minimum atomic E-state index is -3.84. The number of nitrogens with zero attached hydrogens (tertiary/aromatic N) is 2. The van der Waals surface area contributed by atoms with E-state index in [1.807, 2.05) is 45.0 Å². The predicted octanol–water partition coefficient (Wildman–Crippen LogP) is 4.79. The highest BCUT2D eigenvalue weighted by atomic mass is 35.5. The van der Waals surface area contributed by atoms with E-state index >= 15 is 0 Å². The Morgan fingerprint density at radius 2 is 1.74 bits per heavy atom. The quantitative estimate of drug-likeness (QED) is 0.391. The SMILES string of the molecule is CCCCNC(=O)C(CC)N(Cc1ccccc1C)C(=O)CN(c1ccc(Cl)c(Cl)c1)S(C)(=O)=O. The number of amides is 2. The van der Waals surface area contributed by atoms with Gasteiger partial charge in [-0.1, -0.05) is 67.7 Å². The van der Waals surface area contributed by atoms with Crippen LogP contribution >= 0.6 is 23.2 Å². The van der Waals surface area contributed by atoms with Crippen LogP contribution in [0.3, 0.4) is 0 Å². The molecule has 0 aliphatic heterocycles. The Morgan fingerprint density at radius 3 is 2.31 bits per heavy atom. The van der Waals surface area contributed by atoms with Crippen molar-refractivity contribution in [3.63, 3.8) is 0 Å². The number of aryl methyl sites for hydroxylation is 1. The van der Waals surface area contributed by atoms with Gasteiger partial charge in [-0.2, -0.15) is 0 Å². The van der Waals surface area contributed by atoms with Gasteiger partial charge >= 0.3 is 0 Å². The van der Waals surface area contributed by atoms with Crippen molar-refractivity contribution in [1.29, 1.82) is 0 Å². The molecule has 0 bridgehead atoms. The van der Waals surface area contributed by atoms with Crippen molar-refractivity contribution < 1.29 is 18.0 Å². The van der Waals surface area contributed by atoms with Crippen molar-refractivity contribution in [3.8, 4) is 0 Å². The first kappa shape index (κ1) is 28.9. The molecule has 1 unspecified atom stereocenters. The highest BCUT2D eigenvalue weighted by molar-refractivity contribution is 7.92. The van der Waals surface area contributed by atoms with Crippen LogP contribution in [0.5, 0.6) is 0 Å². The lowest BCUT2D eigenvalue weighted by Gasteiger charge is -2.33. The third-order valence-electron chi connectivity index (χ3n) is 5.69. The smallest absolute Gasteiger partial charge is 0.244 e. The third kappa shape index (κ3) is 8.12. The largest absolute Gasteiger partial charge is 0.354 e. The van der Waals surface area contributed by atoms with Gasteiger partial charge in [0.15, 0.2) is 0 Å². The predicted molar refractivity (Wildman–Crippen MR) is 142 cm³/mol. The number of rotatable bonds is 12. The maximum Gasteiger partial charge on any atom is 0.244 e. The fraction of sp³-hybridized carbons (Fsp3) is 0.440. The number of nitrogens with one attached hydrogen (secondary N) is 1. The van der Waals surface area contributed by atoms with Gasteiger partial charge in [-0.05, 0) is 49.1 Å². The van der Waals surface area contributed by atoms with Gasteiger partial charge in [-0.25, -0.2) is 8.42 Å². The first-order chi connectivity index (χ1) is 16.5. The summed E-state index contributed by atoms with van der Waals surface area (Å²) in [6.07, 6.45) is 3.15. The van der Waals surface area contributed by atoms with Gasteiger partial charge < -0.3 is 10.2 Å². The molecular formula is C25H33Cl2N3O4S. The van der Waals surface area contributed by atoms with Gasteiger partial charge in [0.1, 0.15) is 12.6 Å². The molecule has 0 heterocycles. The van der Waals surface area contributed by atoms with Crippen LogP contribution in [0, 0.1) is 6.92 Å². The maximum atomic E-state index is 13.7. The summed E-state index contributed by atoms with van der Waals surface area (Å²) in [6, 6.07) is 11.2. The summed E-state index contributed by atoms with van der Waals surface area (Å²) >= 11 is 12.1. The number of carbonyl (C=O) groups is 2. The average molecular weight is 543 g/mol. The second kappa shape index (κ2) is 13.1. The Hall–Kier alpha value is -2.29. The zero-order chi connectivity index (χ0) is 26.2. The minimum absolute atomic E-state index is 0.170. The lowest BCUT2D eigenvalue weighted by Crippen LogP contribution is -2.52. The zero-order valence-corrected chi connectivity index (χ0v) is 22.9. The van der Waals surface area contributed by atoms with E-state index in [0.29, 0.717) is 13.0 Å². The number of hydrogen-bond donors (Lipinski definition) is 1. The standard InChI is InChI=1S/C25H33Cl2N3O4S/c1-5-7-14-28-25(32)23(6-2)29(16-19-11-9-8-10-18(19)3)24(31)17-30(35(4,33)34)20-12-13-21(26)22(27)15-20/h8-13,15,23H,5-7,14,16-17H2,1-4H3,(H,28,32). The number of benzene rings is 2. The number of sulfonamides is 1. The molecule has 2 rings (SSSR count). The number of anilines is 1. The second-order valence-corrected chi connectivity index (χ2v) is 11.1. The van der Waals surface area contributed by atoms with E-state index in [9.17, 15) is 18.0 Å². The molecule has 0 saturated carbocycles. The van der Waals surface area contributed by atoms with Crippen LogP contribution in [-0.2, 0) is 26.2 Å². The Labute approximate surface area is 218 Å². The van der Waals surface area contributed by atoms with E-state index in [0.717, 1.165) is 34.5 Å². The summed E-state index contributed by atoms with van der Waals surface area (Å²) in [5.74, 6) is -0.759. The summed E-state index contributed by atoms with van der Waals surface area (Å²) in [7, 11) is -3.84. The maximum absolute atomic E-state index is 13.7. The summed E-state index contributed by atoms with van der Waals surface area (Å²) in [6.45, 7) is 5.98. The van der Waals surface area contributed by atoms with Crippen LogP contribution in [-0.4, -0.2) is 50.5 Å². The first-order valence-electron chi connectivity index (χ1n) is 11.5. The number of halogens is 2. The molecule has 192 valence electrons. The second-order valence-electron chi connectivity index (χ2n) is 8.38. The number of unbranched alkanes of at least 4 members (excludes halogenated alkanes) is 1. The van der Waals surface area contributed by atoms with Crippen LogP contribution in [0.15, 0.2) is 42.5 Å². The van der Waals surface area contributed by atoms with Gasteiger partial charge in [0.25, 0.3) is 0 Å². The molecule has 35 heavy (non-hydrogen) atoms. The van der Waals surface area contributed by atoms with Crippen molar-refractivity contribution in [3.05, 3.63) is 63.6 Å². The Bertz CT molecular complexity index is 1140. The molecule has 0 spiro atoms. The molecule has 0 fully saturated rings. The van der Waals surface area contributed by atoms with E-state index in [-0.39, 0.29) is 28.2 Å². The molecule has 0 aromatic heterocycles.